The standard InChI is InChI=1S/C21H22N2O7/c1-4-9-28-19(25)16-17(22)30-12(2)15(18(24)29-11-10-27-3)21(16)13-7-5-6-8-14(13)23-20(21)26/h4-8H,1,9-11,22H2,2-3H3,(H,23,26). The van der Waals surface area contributed by atoms with E-state index in [0.717, 1.165) is 0 Å². The highest BCUT2D eigenvalue weighted by Gasteiger charge is 2.61. The fraction of sp³-hybridized carbons (Fsp3) is 0.286. The third-order valence-corrected chi connectivity index (χ3v) is 4.79. The van der Waals surface area contributed by atoms with Gasteiger partial charge in [0, 0.05) is 18.4 Å². The number of methoxy groups -OCH3 is 1. The lowest BCUT2D eigenvalue weighted by Gasteiger charge is -2.35. The van der Waals surface area contributed by atoms with Gasteiger partial charge in [-0.3, -0.25) is 4.79 Å². The van der Waals surface area contributed by atoms with E-state index in [1.54, 1.807) is 24.3 Å². The van der Waals surface area contributed by atoms with Crippen LogP contribution in [-0.2, 0) is 38.7 Å². The van der Waals surface area contributed by atoms with Crippen molar-refractivity contribution in [3.8, 4) is 0 Å². The van der Waals surface area contributed by atoms with Crippen molar-refractivity contribution in [1.29, 1.82) is 0 Å². The van der Waals surface area contributed by atoms with Crippen molar-refractivity contribution >= 4 is 23.5 Å². The Morgan fingerprint density at radius 3 is 2.60 bits per heavy atom. The summed E-state index contributed by atoms with van der Waals surface area (Å²) >= 11 is 0. The van der Waals surface area contributed by atoms with Crippen LogP contribution in [0.4, 0.5) is 5.69 Å². The molecule has 0 saturated carbocycles. The number of fused-ring (bicyclic) bond motifs is 2. The van der Waals surface area contributed by atoms with Crippen LogP contribution in [-0.4, -0.2) is 44.8 Å². The molecule has 0 radical (unpaired) electrons. The van der Waals surface area contributed by atoms with Gasteiger partial charge in [-0.15, -0.1) is 0 Å². The molecule has 1 spiro atoms. The molecule has 9 nitrogen and oxygen atoms in total. The lowest BCUT2D eigenvalue weighted by atomic mass is 9.67. The number of ether oxygens (including phenoxy) is 4. The fourth-order valence-corrected chi connectivity index (χ4v) is 3.64. The number of carbonyl (C=O) groups is 3. The molecular formula is C21H22N2O7. The summed E-state index contributed by atoms with van der Waals surface area (Å²) in [5, 5.41) is 2.71. The Hall–Kier alpha value is -3.59. The van der Waals surface area contributed by atoms with Crippen LogP contribution < -0.4 is 11.1 Å². The topological polar surface area (TPSA) is 126 Å². The van der Waals surface area contributed by atoms with Crippen LogP contribution >= 0.6 is 0 Å². The summed E-state index contributed by atoms with van der Waals surface area (Å²) in [4.78, 5) is 39.4. The number of benzene rings is 1. The molecule has 2 aliphatic rings. The number of hydrogen-bond acceptors (Lipinski definition) is 8. The third-order valence-electron chi connectivity index (χ3n) is 4.79. The number of carbonyl (C=O) groups excluding carboxylic acids is 3. The molecular weight excluding hydrogens is 392 g/mol. The molecule has 1 aromatic carbocycles. The first-order chi connectivity index (χ1) is 14.4. The summed E-state index contributed by atoms with van der Waals surface area (Å²) in [5.74, 6) is -2.67. The van der Waals surface area contributed by atoms with Gasteiger partial charge >= 0.3 is 11.9 Å². The zero-order valence-corrected chi connectivity index (χ0v) is 16.7. The molecule has 0 fully saturated rings. The predicted octanol–water partition coefficient (Wildman–Crippen LogP) is 1.27. The Kier molecular flexibility index (Phi) is 5.93. The van der Waals surface area contributed by atoms with Gasteiger partial charge in [-0.05, 0) is 13.0 Å². The van der Waals surface area contributed by atoms with E-state index in [0.29, 0.717) is 11.3 Å². The van der Waals surface area contributed by atoms with E-state index < -0.39 is 23.3 Å². The average Bonchev–Trinajstić information content (AvgIpc) is 2.98. The summed E-state index contributed by atoms with van der Waals surface area (Å²) in [6, 6.07) is 6.68. The smallest absolute Gasteiger partial charge is 0.341 e. The summed E-state index contributed by atoms with van der Waals surface area (Å²) < 4.78 is 20.8. The molecule has 1 amide bonds. The second kappa shape index (κ2) is 8.42. The van der Waals surface area contributed by atoms with E-state index in [1.165, 1.54) is 20.1 Å². The highest BCUT2D eigenvalue weighted by atomic mass is 16.6. The van der Waals surface area contributed by atoms with Crippen LogP contribution in [0.3, 0.4) is 0 Å². The first-order valence-corrected chi connectivity index (χ1v) is 9.14. The Labute approximate surface area is 173 Å². The van der Waals surface area contributed by atoms with E-state index >= 15 is 0 Å². The number of para-hydroxylation sites is 1. The van der Waals surface area contributed by atoms with Gasteiger partial charge in [-0.25, -0.2) is 9.59 Å². The molecule has 30 heavy (non-hydrogen) atoms. The average molecular weight is 414 g/mol. The molecule has 2 aliphatic heterocycles. The third kappa shape index (κ3) is 3.22. The van der Waals surface area contributed by atoms with E-state index in [4.69, 9.17) is 24.7 Å². The van der Waals surface area contributed by atoms with Gasteiger partial charge in [0.2, 0.25) is 11.8 Å². The summed E-state index contributed by atoms with van der Waals surface area (Å²) in [6.07, 6.45) is 1.37. The first-order valence-electron chi connectivity index (χ1n) is 9.14. The minimum atomic E-state index is -1.88. The number of nitrogens with two attached hydrogens (primary N) is 1. The maximum atomic E-state index is 13.4. The Balaban J connectivity index is 2.23. The maximum absolute atomic E-state index is 13.4. The monoisotopic (exact) mass is 414 g/mol. The minimum absolute atomic E-state index is 0.0436. The van der Waals surface area contributed by atoms with Crippen LogP contribution in [0, 0.1) is 0 Å². The van der Waals surface area contributed by atoms with Crippen molar-refractivity contribution in [3.63, 3.8) is 0 Å². The lowest BCUT2D eigenvalue weighted by Crippen LogP contribution is -2.48. The van der Waals surface area contributed by atoms with E-state index in [-0.39, 0.29) is 42.6 Å². The molecule has 9 heteroatoms. The summed E-state index contributed by atoms with van der Waals surface area (Å²) in [6.45, 7) is 4.96. The molecule has 3 N–H and O–H groups in total. The molecule has 158 valence electrons. The Morgan fingerprint density at radius 1 is 1.20 bits per heavy atom. The van der Waals surface area contributed by atoms with Crippen molar-refractivity contribution in [1.82, 2.24) is 0 Å². The second-order valence-electron chi connectivity index (χ2n) is 6.54. The van der Waals surface area contributed by atoms with Gasteiger partial charge in [-0.1, -0.05) is 30.9 Å². The van der Waals surface area contributed by atoms with E-state index in [9.17, 15) is 14.4 Å². The van der Waals surface area contributed by atoms with Crippen LogP contribution in [0.2, 0.25) is 0 Å². The van der Waals surface area contributed by atoms with Gasteiger partial charge < -0.3 is 30.0 Å². The van der Waals surface area contributed by atoms with Crippen LogP contribution in [0.1, 0.15) is 12.5 Å². The SMILES string of the molecule is C=CCOC(=O)C1=C(N)OC(C)=C(C(=O)OCCOC)C12C(=O)Nc1ccccc12. The highest BCUT2D eigenvalue weighted by molar-refractivity contribution is 6.21. The molecule has 3 rings (SSSR count). The molecule has 1 unspecified atom stereocenters. The molecule has 0 aromatic heterocycles. The second-order valence-corrected chi connectivity index (χ2v) is 6.54. The van der Waals surface area contributed by atoms with Crippen LogP contribution in [0.15, 0.2) is 59.7 Å². The molecule has 0 bridgehead atoms. The number of amides is 1. The molecule has 1 atom stereocenters. The maximum Gasteiger partial charge on any atom is 0.341 e. The predicted molar refractivity (Wildman–Crippen MR) is 106 cm³/mol. The van der Waals surface area contributed by atoms with Crippen molar-refractivity contribution in [2.45, 2.75) is 12.3 Å². The zero-order valence-electron chi connectivity index (χ0n) is 16.7. The zero-order chi connectivity index (χ0) is 21.9. The number of nitrogens with one attached hydrogen (secondary N) is 1. The van der Waals surface area contributed by atoms with Crippen molar-refractivity contribution in [2.75, 3.05) is 32.2 Å². The largest absolute Gasteiger partial charge is 0.460 e. The quantitative estimate of drug-likeness (QED) is 0.388. The van der Waals surface area contributed by atoms with Gasteiger partial charge in [0.1, 0.15) is 35.5 Å². The van der Waals surface area contributed by atoms with Crippen molar-refractivity contribution in [2.24, 2.45) is 5.73 Å². The van der Waals surface area contributed by atoms with Crippen LogP contribution in [0.5, 0.6) is 0 Å². The normalized spacial score (nSPS) is 19.9. The van der Waals surface area contributed by atoms with Gasteiger partial charge in [-0.2, -0.15) is 0 Å². The minimum Gasteiger partial charge on any atom is -0.460 e. The lowest BCUT2D eigenvalue weighted by molar-refractivity contribution is -0.143. The number of rotatable bonds is 7. The first kappa shape index (κ1) is 21.1. The summed E-state index contributed by atoms with van der Waals surface area (Å²) in [5.41, 5.74) is 4.51. The van der Waals surface area contributed by atoms with E-state index in [2.05, 4.69) is 11.9 Å². The molecule has 0 saturated heterocycles. The van der Waals surface area contributed by atoms with Crippen LogP contribution in [0.25, 0.3) is 0 Å². The summed E-state index contributed by atoms with van der Waals surface area (Å²) in [7, 11) is 1.46. The number of esters is 2. The Morgan fingerprint density at radius 2 is 1.90 bits per heavy atom. The Bertz CT molecular complexity index is 979. The van der Waals surface area contributed by atoms with E-state index in [1.807, 2.05) is 0 Å². The molecule has 0 aliphatic carbocycles. The molecule has 1 aromatic rings. The number of hydrogen-bond donors (Lipinski definition) is 2. The highest BCUT2D eigenvalue weighted by Crippen LogP contribution is 2.52. The molecule has 2 heterocycles. The fourth-order valence-electron chi connectivity index (χ4n) is 3.64. The number of allylic oxidation sites excluding steroid dienone is 1. The van der Waals surface area contributed by atoms with Crippen molar-refractivity contribution in [3.05, 3.63) is 65.3 Å². The van der Waals surface area contributed by atoms with Gasteiger partial charge in [0.25, 0.3) is 0 Å². The van der Waals surface area contributed by atoms with Crippen molar-refractivity contribution < 1.29 is 33.3 Å². The number of anilines is 1. The van der Waals surface area contributed by atoms with Gasteiger partial charge in [0.05, 0.1) is 6.61 Å². The van der Waals surface area contributed by atoms with Gasteiger partial charge in [0.15, 0.2) is 0 Å².